The van der Waals surface area contributed by atoms with E-state index in [2.05, 4.69) is 5.32 Å². The average molecular weight is 391 g/mol. The molecule has 0 aliphatic carbocycles. The molecule has 4 nitrogen and oxygen atoms in total. The third-order valence-electron chi connectivity index (χ3n) is 4.13. The fraction of sp³-hybridized carbons (Fsp3) is 0.333. The summed E-state index contributed by atoms with van der Waals surface area (Å²) in [5.41, 5.74) is 1.56. The minimum atomic E-state index is -0.655. The molecule has 2 aromatic carbocycles. The summed E-state index contributed by atoms with van der Waals surface area (Å²) in [5, 5.41) is 3.43. The van der Waals surface area contributed by atoms with Gasteiger partial charge in [0.15, 0.2) is 0 Å². The maximum atomic E-state index is 13.2. The van der Waals surface area contributed by atoms with Crippen molar-refractivity contribution in [2.24, 2.45) is 0 Å². The number of halogens is 2. The van der Waals surface area contributed by atoms with Crippen LogP contribution in [-0.4, -0.2) is 28.8 Å². The van der Waals surface area contributed by atoms with Crippen LogP contribution in [-0.2, 0) is 22.6 Å². The summed E-state index contributed by atoms with van der Waals surface area (Å²) >= 11 is 5.89. The SMILES string of the molecule is CC(C)NC(=O)[C@H](C)N(Cc1ccc(F)cc1)C(=O)Cc1ccc(Cl)cc1. The van der Waals surface area contributed by atoms with Crippen molar-refractivity contribution in [3.8, 4) is 0 Å². The maximum Gasteiger partial charge on any atom is 0.242 e. The molecule has 0 fully saturated rings. The van der Waals surface area contributed by atoms with Gasteiger partial charge in [-0.25, -0.2) is 4.39 Å². The molecule has 2 rings (SSSR count). The smallest absolute Gasteiger partial charge is 0.242 e. The Balaban J connectivity index is 2.21. The highest BCUT2D eigenvalue weighted by molar-refractivity contribution is 6.30. The molecule has 144 valence electrons. The number of benzene rings is 2. The lowest BCUT2D eigenvalue weighted by molar-refractivity contribution is -0.140. The van der Waals surface area contributed by atoms with Gasteiger partial charge >= 0.3 is 0 Å². The van der Waals surface area contributed by atoms with Gasteiger partial charge in [0.05, 0.1) is 6.42 Å². The van der Waals surface area contributed by atoms with E-state index in [0.717, 1.165) is 11.1 Å². The van der Waals surface area contributed by atoms with E-state index >= 15 is 0 Å². The highest BCUT2D eigenvalue weighted by Crippen LogP contribution is 2.15. The Kier molecular flexibility index (Phi) is 7.36. The third kappa shape index (κ3) is 6.36. The van der Waals surface area contributed by atoms with E-state index in [9.17, 15) is 14.0 Å². The highest BCUT2D eigenvalue weighted by atomic mass is 35.5. The van der Waals surface area contributed by atoms with E-state index in [1.165, 1.54) is 17.0 Å². The Bertz CT molecular complexity index is 776. The maximum absolute atomic E-state index is 13.2. The fourth-order valence-corrected chi connectivity index (χ4v) is 2.78. The second-order valence-corrected chi connectivity index (χ2v) is 7.23. The molecule has 0 spiro atoms. The largest absolute Gasteiger partial charge is 0.352 e. The van der Waals surface area contributed by atoms with Crippen molar-refractivity contribution in [3.05, 3.63) is 70.5 Å². The van der Waals surface area contributed by atoms with Gasteiger partial charge in [-0.1, -0.05) is 35.9 Å². The first kappa shape index (κ1) is 20.9. The van der Waals surface area contributed by atoms with Gasteiger partial charge in [-0.05, 0) is 56.2 Å². The third-order valence-corrected chi connectivity index (χ3v) is 4.38. The first-order valence-corrected chi connectivity index (χ1v) is 9.23. The van der Waals surface area contributed by atoms with Gasteiger partial charge in [-0.15, -0.1) is 0 Å². The number of rotatable bonds is 7. The van der Waals surface area contributed by atoms with Crippen molar-refractivity contribution in [1.82, 2.24) is 10.2 Å². The van der Waals surface area contributed by atoms with Crippen LogP contribution in [0, 0.1) is 5.82 Å². The average Bonchev–Trinajstić information content (AvgIpc) is 2.62. The quantitative estimate of drug-likeness (QED) is 0.777. The van der Waals surface area contributed by atoms with E-state index in [-0.39, 0.29) is 36.6 Å². The minimum absolute atomic E-state index is 0.0287. The molecule has 27 heavy (non-hydrogen) atoms. The monoisotopic (exact) mass is 390 g/mol. The summed E-state index contributed by atoms with van der Waals surface area (Å²) in [6.45, 7) is 5.65. The van der Waals surface area contributed by atoms with E-state index in [4.69, 9.17) is 11.6 Å². The molecule has 0 radical (unpaired) electrons. The highest BCUT2D eigenvalue weighted by Gasteiger charge is 2.26. The number of nitrogens with one attached hydrogen (secondary N) is 1. The van der Waals surface area contributed by atoms with Gasteiger partial charge in [-0.3, -0.25) is 9.59 Å². The zero-order chi connectivity index (χ0) is 20.0. The fourth-order valence-electron chi connectivity index (χ4n) is 2.65. The van der Waals surface area contributed by atoms with Crippen LogP contribution >= 0.6 is 11.6 Å². The van der Waals surface area contributed by atoms with E-state index in [1.54, 1.807) is 43.3 Å². The molecule has 0 saturated heterocycles. The van der Waals surface area contributed by atoms with Crippen LogP contribution in [0.25, 0.3) is 0 Å². The zero-order valence-corrected chi connectivity index (χ0v) is 16.5. The van der Waals surface area contributed by atoms with Gasteiger partial charge < -0.3 is 10.2 Å². The molecule has 1 N–H and O–H groups in total. The van der Waals surface area contributed by atoms with Crippen molar-refractivity contribution in [1.29, 1.82) is 0 Å². The molecule has 0 bridgehead atoms. The zero-order valence-electron chi connectivity index (χ0n) is 15.7. The number of amides is 2. The van der Waals surface area contributed by atoms with E-state index in [0.29, 0.717) is 5.02 Å². The van der Waals surface area contributed by atoms with Crippen LogP contribution in [0.1, 0.15) is 31.9 Å². The molecule has 0 heterocycles. The summed E-state index contributed by atoms with van der Waals surface area (Å²) in [5.74, 6) is -0.756. The lowest BCUT2D eigenvalue weighted by Crippen LogP contribution is -2.49. The van der Waals surface area contributed by atoms with Crippen molar-refractivity contribution >= 4 is 23.4 Å². The minimum Gasteiger partial charge on any atom is -0.352 e. The molecule has 0 unspecified atom stereocenters. The van der Waals surface area contributed by atoms with Crippen LogP contribution in [0.2, 0.25) is 5.02 Å². The predicted molar refractivity (Wildman–Crippen MR) is 105 cm³/mol. The van der Waals surface area contributed by atoms with Crippen molar-refractivity contribution < 1.29 is 14.0 Å². The van der Waals surface area contributed by atoms with Crippen LogP contribution in [0.5, 0.6) is 0 Å². The Morgan fingerprint density at radius 3 is 2.11 bits per heavy atom. The second kappa shape index (κ2) is 9.51. The molecular weight excluding hydrogens is 367 g/mol. The summed E-state index contributed by atoms with van der Waals surface area (Å²) in [6, 6.07) is 12.3. The molecule has 0 aromatic heterocycles. The molecule has 0 aliphatic rings. The van der Waals surface area contributed by atoms with Crippen LogP contribution in [0.4, 0.5) is 4.39 Å². The Labute approximate surface area is 164 Å². The topological polar surface area (TPSA) is 49.4 Å². The van der Waals surface area contributed by atoms with E-state index < -0.39 is 6.04 Å². The summed E-state index contributed by atoms with van der Waals surface area (Å²) in [6.07, 6.45) is 0.150. The van der Waals surface area contributed by atoms with E-state index in [1.807, 2.05) is 13.8 Å². The van der Waals surface area contributed by atoms with Crippen LogP contribution < -0.4 is 5.32 Å². The number of hydrogen-bond donors (Lipinski definition) is 1. The lowest BCUT2D eigenvalue weighted by atomic mass is 10.1. The number of carbonyl (C=O) groups is 2. The lowest BCUT2D eigenvalue weighted by Gasteiger charge is -2.29. The molecular formula is C21H24ClFN2O2. The Hall–Kier alpha value is -2.40. The van der Waals surface area contributed by atoms with Crippen molar-refractivity contribution in [2.45, 2.75) is 45.8 Å². The Morgan fingerprint density at radius 1 is 1.00 bits per heavy atom. The summed E-state index contributed by atoms with van der Waals surface area (Å²) in [4.78, 5) is 26.9. The van der Waals surface area contributed by atoms with Crippen molar-refractivity contribution in [2.75, 3.05) is 0 Å². The summed E-state index contributed by atoms with van der Waals surface area (Å²) < 4.78 is 13.2. The molecule has 2 aromatic rings. The standard InChI is InChI=1S/C21H24ClFN2O2/c1-14(2)24-21(27)15(3)25(13-17-6-10-19(23)11-7-17)20(26)12-16-4-8-18(22)9-5-16/h4-11,14-15H,12-13H2,1-3H3,(H,24,27)/t15-/m0/s1. The molecule has 0 saturated carbocycles. The predicted octanol–water partition coefficient (Wildman–Crippen LogP) is 3.96. The first-order valence-electron chi connectivity index (χ1n) is 8.85. The van der Waals surface area contributed by atoms with Gasteiger partial charge in [0.25, 0.3) is 0 Å². The van der Waals surface area contributed by atoms with Crippen molar-refractivity contribution in [3.63, 3.8) is 0 Å². The van der Waals surface area contributed by atoms with Crippen LogP contribution in [0.15, 0.2) is 48.5 Å². The molecule has 0 aliphatic heterocycles. The van der Waals surface area contributed by atoms with Crippen LogP contribution in [0.3, 0.4) is 0 Å². The first-order chi connectivity index (χ1) is 12.8. The molecule has 2 amide bonds. The number of hydrogen-bond acceptors (Lipinski definition) is 2. The Morgan fingerprint density at radius 2 is 1.56 bits per heavy atom. The van der Waals surface area contributed by atoms with Gasteiger partial charge in [0, 0.05) is 17.6 Å². The normalized spacial score (nSPS) is 11.9. The van der Waals surface area contributed by atoms with Gasteiger partial charge in [0.2, 0.25) is 11.8 Å². The second-order valence-electron chi connectivity index (χ2n) is 6.79. The summed E-state index contributed by atoms with van der Waals surface area (Å²) in [7, 11) is 0. The molecule has 1 atom stereocenters. The van der Waals surface area contributed by atoms with Gasteiger partial charge in [0.1, 0.15) is 11.9 Å². The van der Waals surface area contributed by atoms with Gasteiger partial charge in [-0.2, -0.15) is 0 Å². The number of nitrogens with zero attached hydrogens (tertiary/aromatic N) is 1. The molecule has 6 heteroatoms. The number of carbonyl (C=O) groups excluding carboxylic acids is 2.